The molecule has 25 heavy (non-hydrogen) atoms. The molecular weight excluding hydrogens is 306 g/mol. The summed E-state index contributed by atoms with van der Waals surface area (Å²) in [5.41, 5.74) is 0. The average molecular weight is 356 g/mol. The van der Waals surface area contributed by atoms with Crippen LogP contribution in [0.4, 0.5) is 0 Å². The molecule has 0 aromatic rings. The van der Waals surface area contributed by atoms with Crippen LogP contribution in [-0.4, -0.2) is 74.6 Å². The first kappa shape index (κ1) is 24.9. The Morgan fingerprint density at radius 1 is 0.600 bits per heavy atom. The lowest BCUT2D eigenvalue weighted by Gasteiger charge is -2.29. The van der Waals surface area contributed by atoms with E-state index in [2.05, 4.69) is 56.6 Å². The second-order valence-corrected chi connectivity index (χ2v) is 8.82. The standard InChI is InChI=1S/3C7H15N.CH4/c1-7-3-5-8(2)6-4-7;1-7-4-3-5-8(2)6-7;1-7-5-3-4-6-8(7)2;/h3*7H,3-6H2,1-2H3;1H4. The van der Waals surface area contributed by atoms with Crippen LogP contribution in [0.3, 0.4) is 0 Å². The third kappa shape index (κ3) is 12.0. The summed E-state index contributed by atoms with van der Waals surface area (Å²) in [6.45, 7) is 13.5. The zero-order chi connectivity index (χ0) is 17.9. The molecular formula is C22H49N3. The quantitative estimate of drug-likeness (QED) is 0.616. The molecule has 0 radical (unpaired) electrons. The van der Waals surface area contributed by atoms with Gasteiger partial charge in [-0.05, 0) is 105 Å². The van der Waals surface area contributed by atoms with Gasteiger partial charge in [0.15, 0.2) is 0 Å². The summed E-state index contributed by atoms with van der Waals surface area (Å²) in [5.74, 6) is 1.92. The van der Waals surface area contributed by atoms with E-state index < -0.39 is 0 Å². The lowest BCUT2D eigenvalue weighted by molar-refractivity contribution is 0.200. The second-order valence-electron chi connectivity index (χ2n) is 8.82. The monoisotopic (exact) mass is 355 g/mol. The summed E-state index contributed by atoms with van der Waals surface area (Å²) in [6, 6.07) is 0.837. The van der Waals surface area contributed by atoms with Crippen LogP contribution in [0.5, 0.6) is 0 Å². The molecule has 0 aliphatic carbocycles. The van der Waals surface area contributed by atoms with Crippen LogP contribution in [-0.2, 0) is 0 Å². The lowest BCUT2D eigenvalue weighted by atomic mass is 10.00. The minimum atomic E-state index is 0. The summed E-state index contributed by atoms with van der Waals surface area (Å²) in [4.78, 5) is 7.25. The van der Waals surface area contributed by atoms with Crippen molar-refractivity contribution in [3.8, 4) is 0 Å². The average Bonchev–Trinajstić information content (AvgIpc) is 2.54. The molecule has 0 saturated carbocycles. The molecule has 3 nitrogen and oxygen atoms in total. The summed E-state index contributed by atoms with van der Waals surface area (Å²) >= 11 is 0. The van der Waals surface area contributed by atoms with Gasteiger partial charge in [-0.3, -0.25) is 0 Å². The van der Waals surface area contributed by atoms with Crippen LogP contribution in [0.2, 0.25) is 0 Å². The van der Waals surface area contributed by atoms with Crippen molar-refractivity contribution >= 4 is 0 Å². The highest BCUT2D eigenvalue weighted by Gasteiger charge is 2.13. The maximum absolute atomic E-state index is 2.43. The summed E-state index contributed by atoms with van der Waals surface area (Å²) in [7, 11) is 6.62. The van der Waals surface area contributed by atoms with Crippen molar-refractivity contribution in [3.63, 3.8) is 0 Å². The topological polar surface area (TPSA) is 9.72 Å². The van der Waals surface area contributed by atoms with Crippen LogP contribution in [0, 0.1) is 11.8 Å². The molecule has 3 rings (SSSR count). The maximum atomic E-state index is 2.43. The Labute approximate surface area is 160 Å². The molecule has 2 atom stereocenters. The van der Waals surface area contributed by atoms with Crippen molar-refractivity contribution in [3.05, 3.63) is 0 Å². The largest absolute Gasteiger partial charge is 0.306 e. The molecule has 0 amide bonds. The summed E-state index contributed by atoms with van der Waals surface area (Å²) < 4.78 is 0. The van der Waals surface area contributed by atoms with E-state index in [1.807, 2.05) is 0 Å². The molecule has 3 fully saturated rings. The highest BCUT2D eigenvalue weighted by atomic mass is 15.1. The lowest BCUT2D eigenvalue weighted by Crippen LogP contribution is -2.33. The van der Waals surface area contributed by atoms with Gasteiger partial charge in [-0.15, -0.1) is 0 Å². The molecule has 0 bridgehead atoms. The van der Waals surface area contributed by atoms with Gasteiger partial charge in [0, 0.05) is 12.6 Å². The number of hydrogen-bond donors (Lipinski definition) is 0. The van der Waals surface area contributed by atoms with E-state index in [9.17, 15) is 0 Å². The first-order valence-corrected chi connectivity index (χ1v) is 10.5. The van der Waals surface area contributed by atoms with Gasteiger partial charge in [0.05, 0.1) is 0 Å². The molecule has 3 heterocycles. The van der Waals surface area contributed by atoms with E-state index in [0.29, 0.717) is 0 Å². The fraction of sp³-hybridized carbons (Fsp3) is 1.00. The van der Waals surface area contributed by atoms with Gasteiger partial charge in [0.2, 0.25) is 0 Å². The van der Waals surface area contributed by atoms with Gasteiger partial charge in [0.25, 0.3) is 0 Å². The first-order chi connectivity index (χ1) is 11.4. The molecule has 2 unspecified atom stereocenters. The third-order valence-electron chi connectivity index (χ3n) is 6.00. The minimum absolute atomic E-state index is 0. The van der Waals surface area contributed by atoms with Crippen molar-refractivity contribution in [2.75, 3.05) is 53.9 Å². The van der Waals surface area contributed by atoms with Gasteiger partial charge in [-0.2, -0.15) is 0 Å². The predicted molar refractivity (Wildman–Crippen MR) is 114 cm³/mol. The molecule has 152 valence electrons. The molecule has 0 spiro atoms. The SMILES string of the molecule is C.CC1CCCCN1C.CC1CCCN(C)C1.CC1CCN(C)CC1. The Balaban J connectivity index is 0.000000339. The van der Waals surface area contributed by atoms with Crippen LogP contribution >= 0.6 is 0 Å². The Morgan fingerprint density at radius 3 is 1.60 bits per heavy atom. The Hall–Kier alpha value is -0.120. The minimum Gasteiger partial charge on any atom is -0.306 e. The van der Waals surface area contributed by atoms with Crippen LogP contribution in [0.15, 0.2) is 0 Å². The fourth-order valence-corrected chi connectivity index (χ4v) is 3.80. The molecule has 3 heteroatoms. The third-order valence-corrected chi connectivity index (χ3v) is 6.00. The van der Waals surface area contributed by atoms with E-state index in [1.54, 1.807) is 0 Å². The van der Waals surface area contributed by atoms with Gasteiger partial charge >= 0.3 is 0 Å². The van der Waals surface area contributed by atoms with Crippen molar-refractivity contribution < 1.29 is 0 Å². The smallest absolute Gasteiger partial charge is 0.00638 e. The van der Waals surface area contributed by atoms with Crippen LogP contribution < -0.4 is 0 Å². The van der Waals surface area contributed by atoms with E-state index in [0.717, 1.165) is 17.9 Å². The van der Waals surface area contributed by atoms with Gasteiger partial charge in [0.1, 0.15) is 0 Å². The zero-order valence-electron chi connectivity index (χ0n) is 17.6. The molecule has 3 aliphatic rings. The van der Waals surface area contributed by atoms with Crippen molar-refractivity contribution in [1.29, 1.82) is 0 Å². The summed E-state index contributed by atoms with van der Waals surface area (Å²) in [6.07, 6.45) is 9.87. The van der Waals surface area contributed by atoms with Crippen molar-refractivity contribution in [1.82, 2.24) is 14.7 Å². The molecule has 0 aromatic carbocycles. The number of nitrogens with zero attached hydrogens (tertiary/aromatic N) is 3. The highest BCUT2D eigenvalue weighted by molar-refractivity contribution is 4.68. The normalized spacial score (nSPS) is 29.5. The number of hydrogen-bond acceptors (Lipinski definition) is 3. The predicted octanol–water partition coefficient (Wildman–Crippen LogP) is 4.82. The summed E-state index contributed by atoms with van der Waals surface area (Å²) in [5, 5.41) is 0. The van der Waals surface area contributed by atoms with E-state index in [-0.39, 0.29) is 7.43 Å². The van der Waals surface area contributed by atoms with Crippen LogP contribution in [0.1, 0.15) is 73.1 Å². The Kier molecular flexibility index (Phi) is 13.9. The van der Waals surface area contributed by atoms with Gasteiger partial charge in [-0.25, -0.2) is 0 Å². The van der Waals surface area contributed by atoms with Crippen LogP contribution in [0.25, 0.3) is 0 Å². The van der Waals surface area contributed by atoms with Gasteiger partial charge in [-0.1, -0.05) is 27.7 Å². The van der Waals surface area contributed by atoms with E-state index in [4.69, 9.17) is 0 Å². The van der Waals surface area contributed by atoms with E-state index >= 15 is 0 Å². The first-order valence-electron chi connectivity index (χ1n) is 10.5. The molecule has 0 aromatic heterocycles. The highest BCUT2D eigenvalue weighted by Crippen LogP contribution is 2.14. The Bertz CT molecular complexity index is 272. The molecule has 3 saturated heterocycles. The zero-order valence-corrected chi connectivity index (χ0v) is 17.6. The maximum Gasteiger partial charge on any atom is 0.00638 e. The van der Waals surface area contributed by atoms with E-state index in [1.165, 1.54) is 77.7 Å². The van der Waals surface area contributed by atoms with Crippen molar-refractivity contribution in [2.45, 2.75) is 79.2 Å². The second kappa shape index (κ2) is 14.0. The number of piperidine rings is 3. The fourth-order valence-electron chi connectivity index (χ4n) is 3.80. The molecule has 0 N–H and O–H groups in total. The Morgan fingerprint density at radius 2 is 1.24 bits per heavy atom. The number of rotatable bonds is 0. The van der Waals surface area contributed by atoms with Gasteiger partial charge < -0.3 is 14.7 Å². The number of likely N-dealkylation sites (tertiary alicyclic amines) is 3. The van der Waals surface area contributed by atoms with Crippen molar-refractivity contribution in [2.24, 2.45) is 11.8 Å². The molecule has 3 aliphatic heterocycles.